The minimum atomic E-state index is -0.649. The first-order valence-electron chi connectivity index (χ1n) is 7.61. The van der Waals surface area contributed by atoms with Gasteiger partial charge in [-0.15, -0.1) is 0 Å². The minimum absolute atomic E-state index is 0.243. The van der Waals surface area contributed by atoms with Gasteiger partial charge in [-0.1, -0.05) is 6.92 Å². The molecular formula is C15H28O5S. The summed E-state index contributed by atoms with van der Waals surface area (Å²) >= 11 is 1.96. The Morgan fingerprint density at radius 3 is 2.43 bits per heavy atom. The molecule has 0 aromatic carbocycles. The lowest BCUT2D eigenvalue weighted by Crippen LogP contribution is -2.42. The molecule has 3 N–H and O–H groups in total. The van der Waals surface area contributed by atoms with Crippen LogP contribution in [0.5, 0.6) is 0 Å². The molecule has 6 heteroatoms. The molecule has 0 aromatic rings. The first-order chi connectivity index (χ1) is 10.0. The maximum atomic E-state index is 11.3. The fourth-order valence-electron chi connectivity index (χ4n) is 3.91. The number of aliphatic carboxylic acids is 1. The van der Waals surface area contributed by atoms with Crippen molar-refractivity contribution in [3.8, 4) is 0 Å². The second kappa shape index (κ2) is 8.98. The summed E-state index contributed by atoms with van der Waals surface area (Å²) in [6.07, 6.45) is 7.04. The summed E-state index contributed by atoms with van der Waals surface area (Å²) in [6.45, 7) is 4.77. The highest BCUT2D eigenvalue weighted by Crippen LogP contribution is 2.46. The van der Waals surface area contributed by atoms with Crippen LogP contribution in [-0.4, -0.2) is 45.8 Å². The smallest absolute Gasteiger partial charge is 0.306 e. The molecule has 1 saturated carbocycles. The zero-order chi connectivity index (χ0) is 16.0. The van der Waals surface area contributed by atoms with E-state index in [1.807, 2.05) is 18.7 Å². The van der Waals surface area contributed by atoms with Crippen LogP contribution in [-0.2, 0) is 9.53 Å². The first kappa shape index (κ1) is 18.7. The van der Waals surface area contributed by atoms with E-state index in [1.54, 1.807) is 0 Å². The van der Waals surface area contributed by atoms with E-state index < -0.39 is 5.97 Å². The van der Waals surface area contributed by atoms with Crippen LogP contribution in [0.1, 0.15) is 39.5 Å². The minimum Gasteiger partial charge on any atom is -0.481 e. The largest absolute Gasteiger partial charge is 0.481 e. The lowest BCUT2D eigenvalue weighted by atomic mass is 9.66. The van der Waals surface area contributed by atoms with Crippen LogP contribution < -0.4 is 0 Å². The number of carboxylic acid groups (broad SMARTS) is 1. The topological polar surface area (TPSA) is 87.0 Å². The van der Waals surface area contributed by atoms with Gasteiger partial charge in [0.25, 0.3) is 0 Å². The number of fused-ring (bicyclic) bond motifs is 1. The molecule has 0 aromatic heterocycles. The van der Waals surface area contributed by atoms with Crippen LogP contribution >= 0.6 is 11.8 Å². The summed E-state index contributed by atoms with van der Waals surface area (Å²) in [5, 5.41) is 22.0. The molecule has 2 rings (SSSR count). The van der Waals surface area contributed by atoms with Crippen LogP contribution in [0, 0.1) is 23.7 Å². The van der Waals surface area contributed by atoms with Crippen molar-refractivity contribution in [2.24, 2.45) is 23.7 Å². The molecule has 124 valence electrons. The van der Waals surface area contributed by atoms with Gasteiger partial charge >= 0.3 is 5.97 Å². The molecule has 0 amide bonds. The second-order valence-electron chi connectivity index (χ2n) is 6.19. The predicted molar refractivity (Wildman–Crippen MR) is 83.7 cm³/mol. The van der Waals surface area contributed by atoms with Crippen molar-refractivity contribution in [2.75, 3.05) is 12.9 Å². The molecule has 2 aliphatic rings. The van der Waals surface area contributed by atoms with Gasteiger partial charge in [0, 0.05) is 5.25 Å². The number of hydrogen-bond acceptors (Lipinski definition) is 5. The van der Waals surface area contributed by atoms with E-state index >= 15 is 0 Å². The third kappa shape index (κ3) is 4.58. The van der Waals surface area contributed by atoms with Crippen LogP contribution in [0.4, 0.5) is 0 Å². The summed E-state index contributed by atoms with van der Waals surface area (Å²) in [5.41, 5.74) is 0. The van der Waals surface area contributed by atoms with E-state index in [1.165, 1.54) is 12.8 Å². The van der Waals surface area contributed by atoms with Gasteiger partial charge in [0.1, 0.15) is 0 Å². The van der Waals surface area contributed by atoms with E-state index in [2.05, 4.69) is 13.2 Å². The zero-order valence-corrected chi connectivity index (χ0v) is 13.9. The molecular weight excluding hydrogens is 292 g/mol. The summed E-state index contributed by atoms with van der Waals surface area (Å²) in [7, 11) is 0. The fraction of sp³-hybridized carbons (Fsp3) is 0.933. The van der Waals surface area contributed by atoms with Crippen LogP contribution in [0.15, 0.2) is 0 Å². The third-order valence-electron chi connectivity index (χ3n) is 5.18. The second-order valence-corrected chi connectivity index (χ2v) is 7.27. The Kier molecular flexibility index (Phi) is 8.02. The third-order valence-corrected chi connectivity index (χ3v) is 6.37. The van der Waals surface area contributed by atoms with Gasteiger partial charge in [-0.05, 0) is 56.6 Å². The van der Waals surface area contributed by atoms with Crippen molar-refractivity contribution in [3.05, 3.63) is 0 Å². The van der Waals surface area contributed by atoms with Crippen molar-refractivity contribution in [3.63, 3.8) is 0 Å². The highest BCUT2D eigenvalue weighted by atomic mass is 32.2. The lowest BCUT2D eigenvalue weighted by Gasteiger charge is -2.43. The maximum absolute atomic E-state index is 11.3. The number of hydrogen-bond donors (Lipinski definition) is 3. The van der Waals surface area contributed by atoms with Crippen molar-refractivity contribution >= 4 is 17.7 Å². The Hall–Kier alpha value is -0.300. The van der Waals surface area contributed by atoms with Gasteiger partial charge in [0.15, 0.2) is 0 Å². The fourth-order valence-corrected chi connectivity index (χ4v) is 4.97. The quantitative estimate of drug-likeness (QED) is 0.546. The number of carboxylic acids is 1. The number of ether oxygens (including phenoxy) is 1. The Balaban J connectivity index is 0.00000106. The average molecular weight is 320 g/mol. The summed E-state index contributed by atoms with van der Waals surface area (Å²) in [6, 6.07) is 0. The van der Waals surface area contributed by atoms with Gasteiger partial charge in [-0.2, -0.15) is 11.8 Å². The molecule has 5 nitrogen and oxygen atoms in total. The van der Waals surface area contributed by atoms with E-state index in [9.17, 15) is 9.90 Å². The molecule has 1 aliphatic heterocycles. The van der Waals surface area contributed by atoms with Gasteiger partial charge in [-0.3, -0.25) is 15.3 Å². The molecule has 1 heterocycles. The van der Waals surface area contributed by atoms with E-state index in [0.29, 0.717) is 23.2 Å². The van der Waals surface area contributed by atoms with Gasteiger partial charge in [0.05, 0.1) is 18.6 Å². The van der Waals surface area contributed by atoms with Crippen LogP contribution in [0.2, 0.25) is 0 Å². The standard InChI is InChI=1S/C15H26O3S.H2O2/c1-9-4-5-12-13(8-18-9)11(10(2)15(16)17)6-7-14(12)19-3;1-2/h9-14H,4-8H2,1-3H3,(H,16,17);1-2H/t9-,10+,11-,12?,13?,14+;/m0./s1. The van der Waals surface area contributed by atoms with Gasteiger partial charge < -0.3 is 9.84 Å². The number of carbonyl (C=O) groups is 1. The summed E-state index contributed by atoms with van der Waals surface area (Å²) < 4.78 is 5.92. The lowest BCUT2D eigenvalue weighted by molar-refractivity contribution is -0.176. The normalized spacial score (nSPS) is 37.5. The van der Waals surface area contributed by atoms with Crippen molar-refractivity contribution in [1.82, 2.24) is 0 Å². The van der Waals surface area contributed by atoms with E-state index in [4.69, 9.17) is 15.3 Å². The van der Waals surface area contributed by atoms with Crippen LogP contribution in [0.25, 0.3) is 0 Å². The van der Waals surface area contributed by atoms with Crippen molar-refractivity contribution in [2.45, 2.75) is 50.9 Å². The SMILES string of the molecule is CS[C@@H]1CC[C@@H]([C@@H](C)C(=O)O)C2CO[C@@H](C)CCC21.OO. The molecule has 0 spiro atoms. The van der Waals surface area contributed by atoms with E-state index in [0.717, 1.165) is 19.4 Å². The van der Waals surface area contributed by atoms with Crippen molar-refractivity contribution in [1.29, 1.82) is 0 Å². The highest BCUT2D eigenvalue weighted by Gasteiger charge is 2.43. The Labute approximate surface area is 131 Å². The first-order valence-corrected chi connectivity index (χ1v) is 8.90. The molecule has 1 saturated heterocycles. The monoisotopic (exact) mass is 320 g/mol. The molecule has 0 radical (unpaired) electrons. The molecule has 1 aliphatic carbocycles. The predicted octanol–water partition coefficient (Wildman–Crippen LogP) is 3.30. The molecule has 2 unspecified atom stereocenters. The number of rotatable bonds is 3. The molecule has 2 fully saturated rings. The van der Waals surface area contributed by atoms with Crippen molar-refractivity contribution < 1.29 is 25.2 Å². The zero-order valence-electron chi connectivity index (χ0n) is 13.1. The summed E-state index contributed by atoms with van der Waals surface area (Å²) in [4.78, 5) is 11.3. The highest BCUT2D eigenvalue weighted by molar-refractivity contribution is 7.99. The van der Waals surface area contributed by atoms with E-state index in [-0.39, 0.29) is 11.8 Å². The Morgan fingerprint density at radius 2 is 1.86 bits per heavy atom. The maximum Gasteiger partial charge on any atom is 0.306 e. The van der Waals surface area contributed by atoms with Crippen LogP contribution in [0.3, 0.4) is 0 Å². The summed E-state index contributed by atoms with van der Waals surface area (Å²) in [5.74, 6) is 0.468. The Bertz CT molecular complexity index is 325. The van der Waals surface area contributed by atoms with Gasteiger partial charge in [-0.25, -0.2) is 0 Å². The molecule has 6 atom stereocenters. The molecule has 0 bridgehead atoms. The number of thioether (sulfide) groups is 1. The Morgan fingerprint density at radius 1 is 1.19 bits per heavy atom. The average Bonchev–Trinajstić information content (AvgIpc) is 2.70. The van der Waals surface area contributed by atoms with Gasteiger partial charge in [0.2, 0.25) is 0 Å². The molecule has 21 heavy (non-hydrogen) atoms.